The van der Waals surface area contributed by atoms with Crippen molar-refractivity contribution in [3.63, 3.8) is 0 Å². The average Bonchev–Trinajstić information content (AvgIpc) is 3.36. The van der Waals surface area contributed by atoms with E-state index < -0.39 is 10.0 Å². The Hall–Kier alpha value is -2.58. The molecule has 0 unspecified atom stereocenters. The number of ether oxygens (including phenoxy) is 1. The van der Waals surface area contributed by atoms with Gasteiger partial charge >= 0.3 is 0 Å². The van der Waals surface area contributed by atoms with Gasteiger partial charge in [-0.1, -0.05) is 13.8 Å². The van der Waals surface area contributed by atoms with Gasteiger partial charge in [-0.05, 0) is 60.9 Å². The van der Waals surface area contributed by atoms with Crippen LogP contribution in [0.1, 0.15) is 32.3 Å². The van der Waals surface area contributed by atoms with Gasteiger partial charge in [-0.3, -0.25) is 4.79 Å². The zero-order valence-corrected chi connectivity index (χ0v) is 19.0. The van der Waals surface area contributed by atoms with Gasteiger partial charge < -0.3 is 15.0 Å². The smallest absolute Gasteiger partial charge is 0.243 e. The van der Waals surface area contributed by atoms with E-state index in [4.69, 9.17) is 4.74 Å². The minimum atomic E-state index is -3.47. The number of amides is 1. The van der Waals surface area contributed by atoms with Gasteiger partial charge in [-0.25, -0.2) is 8.42 Å². The lowest BCUT2D eigenvalue weighted by molar-refractivity contribution is -0.115. The Morgan fingerprint density at radius 3 is 2.42 bits per heavy atom. The molecule has 1 amide bonds. The summed E-state index contributed by atoms with van der Waals surface area (Å²) in [6.45, 7) is 6.17. The van der Waals surface area contributed by atoms with Crippen LogP contribution in [-0.4, -0.2) is 51.9 Å². The van der Waals surface area contributed by atoms with Crippen LogP contribution in [0.25, 0.3) is 0 Å². The molecule has 1 saturated heterocycles. The van der Waals surface area contributed by atoms with Crippen molar-refractivity contribution < 1.29 is 17.9 Å². The number of carbonyl (C=O) groups excluding carboxylic acids is 1. The van der Waals surface area contributed by atoms with Crippen molar-refractivity contribution in [1.82, 2.24) is 4.31 Å². The van der Waals surface area contributed by atoms with Gasteiger partial charge in [-0.2, -0.15) is 4.31 Å². The van der Waals surface area contributed by atoms with Crippen LogP contribution >= 0.6 is 0 Å². The fourth-order valence-corrected chi connectivity index (χ4v) is 5.95. The Morgan fingerprint density at radius 1 is 1.10 bits per heavy atom. The lowest BCUT2D eigenvalue weighted by Crippen LogP contribution is -2.35. The lowest BCUT2D eigenvalue weighted by atomic mass is 9.87. The number of hydrogen-bond acceptors (Lipinski definition) is 5. The van der Waals surface area contributed by atoms with Crippen molar-refractivity contribution in [3.05, 3.63) is 48.0 Å². The van der Waals surface area contributed by atoms with Crippen molar-refractivity contribution in [2.45, 2.75) is 37.0 Å². The Labute approximate surface area is 184 Å². The standard InChI is InChI=1S/C23H29N3O4S/c1-23(2)16-25(15-22(27)24-17-6-8-18(30-3)9-7-17)21-11-10-19(14-20(21)23)31(28,29)26-12-4-5-13-26/h6-11,14H,4-5,12-13,15-16H2,1-3H3,(H,24,27). The van der Waals surface area contributed by atoms with Crippen LogP contribution in [0.4, 0.5) is 11.4 Å². The maximum absolute atomic E-state index is 13.0. The number of nitrogens with zero attached hydrogens (tertiary/aromatic N) is 2. The van der Waals surface area contributed by atoms with E-state index in [1.807, 2.05) is 11.0 Å². The first kappa shape index (κ1) is 21.6. The zero-order chi connectivity index (χ0) is 22.2. The number of rotatable bonds is 6. The summed E-state index contributed by atoms with van der Waals surface area (Å²) in [6, 6.07) is 12.5. The molecule has 0 spiro atoms. The number of fused-ring (bicyclic) bond motifs is 1. The monoisotopic (exact) mass is 443 g/mol. The first-order valence-corrected chi connectivity index (χ1v) is 12.0. The third-order valence-corrected chi connectivity index (χ3v) is 7.93. The number of nitrogens with one attached hydrogen (secondary N) is 1. The first-order chi connectivity index (χ1) is 14.7. The molecule has 7 nitrogen and oxygen atoms in total. The van der Waals surface area contributed by atoms with Gasteiger partial charge in [0.25, 0.3) is 0 Å². The summed E-state index contributed by atoms with van der Waals surface area (Å²) in [7, 11) is -1.87. The van der Waals surface area contributed by atoms with E-state index in [-0.39, 0.29) is 17.9 Å². The summed E-state index contributed by atoms with van der Waals surface area (Å²) in [4.78, 5) is 15.0. The third kappa shape index (κ3) is 4.27. The Kier molecular flexibility index (Phi) is 5.70. The highest BCUT2D eigenvalue weighted by molar-refractivity contribution is 7.89. The van der Waals surface area contributed by atoms with E-state index in [1.165, 1.54) is 0 Å². The van der Waals surface area contributed by atoms with Crippen molar-refractivity contribution in [2.75, 3.05) is 43.5 Å². The van der Waals surface area contributed by atoms with Crippen LogP contribution in [0.2, 0.25) is 0 Å². The van der Waals surface area contributed by atoms with Gasteiger partial charge in [-0.15, -0.1) is 0 Å². The summed E-state index contributed by atoms with van der Waals surface area (Å²) in [5.74, 6) is 0.607. The summed E-state index contributed by atoms with van der Waals surface area (Å²) in [6.07, 6.45) is 1.82. The highest BCUT2D eigenvalue weighted by atomic mass is 32.2. The maximum Gasteiger partial charge on any atom is 0.243 e. The molecule has 1 fully saturated rings. The van der Waals surface area contributed by atoms with E-state index in [0.29, 0.717) is 30.2 Å². The molecule has 8 heteroatoms. The molecule has 0 aromatic heterocycles. The minimum absolute atomic E-state index is 0.123. The highest BCUT2D eigenvalue weighted by Crippen LogP contribution is 2.42. The molecule has 0 radical (unpaired) electrons. The van der Waals surface area contributed by atoms with Crippen LogP contribution in [0.3, 0.4) is 0 Å². The number of benzene rings is 2. The fourth-order valence-electron chi connectivity index (χ4n) is 4.41. The number of anilines is 2. The normalized spacial score (nSPS) is 18.1. The average molecular weight is 444 g/mol. The van der Waals surface area contributed by atoms with Gasteiger partial charge in [0.05, 0.1) is 18.6 Å². The highest BCUT2D eigenvalue weighted by Gasteiger charge is 2.37. The Balaban J connectivity index is 1.52. The van der Waals surface area contributed by atoms with Gasteiger partial charge in [0.2, 0.25) is 15.9 Å². The summed E-state index contributed by atoms with van der Waals surface area (Å²) < 4.78 is 32.7. The SMILES string of the molecule is COc1ccc(NC(=O)CN2CC(C)(C)c3cc(S(=O)(=O)N4CCCC4)ccc32)cc1. The van der Waals surface area contributed by atoms with Crippen LogP contribution in [0.5, 0.6) is 5.75 Å². The summed E-state index contributed by atoms with van der Waals surface area (Å²) in [5, 5.41) is 2.91. The summed E-state index contributed by atoms with van der Waals surface area (Å²) in [5.41, 5.74) is 2.32. The van der Waals surface area contributed by atoms with Gasteiger partial charge in [0.15, 0.2) is 0 Å². The van der Waals surface area contributed by atoms with Crippen LogP contribution < -0.4 is 15.0 Å². The number of hydrogen-bond donors (Lipinski definition) is 1. The topological polar surface area (TPSA) is 79.0 Å². The second-order valence-electron chi connectivity index (χ2n) is 8.81. The molecule has 1 N–H and O–H groups in total. The van der Waals surface area contributed by atoms with Crippen LogP contribution in [0, 0.1) is 0 Å². The molecule has 0 saturated carbocycles. The fraction of sp³-hybridized carbons (Fsp3) is 0.435. The molecule has 0 aliphatic carbocycles. The Morgan fingerprint density at radius 2 is 1.77 bits per heavy atom. The maximum atomic E-state index is 13.0. The minimum Gasteiger partial charge on any atom is -0.497 e. The molecule has 2 aromatic rings. The van der Waals surface area contributed by atoms with Crippen LogP contribution in [-0.2, 0) is 20.2 Å². The largest absolute Gasteiger partial charge is 0.497 e. The lowest BCUT2D eigenvalue weighted by Gasteiger charge is -2.22. The zero-order valence-electron chi connectivity index (χ0n) is 18.2. The molecule has 2 aliphatic heterocycles. The number of carbonyl (C=O) groups is 1. The molecule has 2 heterocycles. The molecule has 4 rings (SSSR count). The van der Waals surface area contributed by atoms with Crippen molar-refractivity contribution in [2.24, 2.45) is 0 Å². The molecule has 0 bridgehead atoms. The van der Waals surface area contributed by atoms with E-state index in [2.05, 4.69) is 19.2 Å². The predicted molar refractivity (Wildman–Crippen MR) is 121 cm³/mol. The molecule has 2 aliphatic rings. The second-order valence-corrected chi connectivity index (χ2v) is 10.7. The van der Waals surface area contributed by atoms with Crippen molar-refractivity contribution >= 4 is 27.3 Å². The Bertz CT molecular complexity index is 1070. The predicted octanol–water partition coefficient (Wildman–Crippen LogP) is 3.22. The number of sulfonamides is 1. The molecule has 166 valence electrons. The number of methoxy groups -OCH3 is 1. The molecular formula is C23H29N3O4S. The molecule has 0 atom stereocenters. The van der Waals surface area contributed by atoms with E-state index in [0.717, 1.165) is 29.8 Å². The summed E-state index contributed by atoms with van der Waals surface area (Å²) >= 11 is 0. The van der Waals surface area contributed by atoms with Crippen molar-refractivity contribution in [1.29, 1.82) is 0 Å². The third-order valence-electron chi connectivity index (χ3n) is 6.04. The van der Waals surface area contributed by atoms with Crippen LogP contribution in [0.15, 0.2) is 47.4 Å². The van der Waals surface area contributed by atoms with Crippen molar-refractivity contribution in [3.8, 4) is 5.75 Å². The second kappa shape index (κ2) is 8.16. The van der Waals surface area contributed by atoms with E-state index in [9.17, 15) is 13.2 Å². The first-order valence-electron chi connectivity index (χ1n) is 10.5. The van der Waals surface area contributed by atoms with Gasteiger partial charge in [0.1, 0.15) is 5.75 Å². The molecule has 31 heavy (non-hydrogen) atoms. The molecule has 2 aromatic carbocycles. The van der Waals surface area contributed by atoms with Gasteiger partial charge in [0, 0.05) is 36.4 Å². The quantitative estimate of drug-likeness (QED) is 0.742. The molecular weight excluding hydrogens is 414 g/mol. The van der Waals surface area contributed by atoms with E-state index in [1.54, 1.807) is 47.8 Å². The van der Waals surface area contributed by atoms with E-state index >= 15 is 0 Å².